The zero-order valence-corrected chi connectivity index (χ0v) is 6.86. The van der Waals surface area contributed by atoms with Gasteiger partial charge in [0.25, 0.3) is 0 Å². The van der Waals surface area contributed by atoms with Crippen molar-refractivity contribution < 1.29 is 1.37 Å². The summed E-state index contributed by atoms with van der Waals surface area (Å²) in [6.45, 7) is 6.92. The van der Waals surface area contributed by atoms with Crippen LogP contribution in [0, 0.1) is 0 Å². The normalized spacial score (nSPS) is 16.0. The van der Waals surface area contributed by atoms with E-state index in [-0.39, 0.29) is 0 Å². The van der Waals surface area contributed by atoms with Crippen LogP contribution in [0.3, 0.4) is 0 Å². The molecule has 1 nitrogen and oxygen atoms in total. The van der Waals surface area contributed by atoms with Gasteiger partial charge in [-0.25, -0.2) is 0 Å². The molecule has 0 rings (SSSR count). The highest BCUT2D eigenvalue weighted by Gasteiger charge is 2.05. The summed E-state index contributed by atoms with van der Waals surface area (Å²) in [4.78, 5) is 0. The van der Waals surface area contributed by atoms with Gasteiger partial charge in [-0.15, -0.1) is 0 Å². The fourth-order valence-electron chi connectivity index (χ4n) is 0.365. The number of hydrogen-bond acceptors (Lipinski definition) is 1. The Kier molecular flexibility index (Phi) is 2.30. The molecule has 8 heavy (non-hydrogen) atoms. The van der Waals surface area contributed by atoms with Gasteiger partial charge >= 0.3 is 0 Å². The van der Waals surface area contributed by atoms with Gasteiger partial charge in [-0.2, -0.15) is 0 Å². The molecule has 0 saturated carbocycles. The lowest BCUT2D eigenvalue weighted by Crippen LogP contribution is -2.16. The van der Waals surface area contributed by atoms with Crippen LogP contribution in [0.2, 0.25) is 19.6 Å². The largest absolute Gasteiger partial charge is 0.327 e. The summed E-state index contributed by atoms with van der Waals surface area (Å²) >= 11 is 0. The molecule has 0 bridgehead atoms. The first-order chi connectivity index (χ1) is 3.98. The van der Waals surface area contributed by atoms with E-state index in [4.69, 9.17) is 7.10 Å². The van der Waals surface area contributed by atoms with E-state index < -0.39 is 8.07 Å². The molecule has 2 N–H and O–H groups in total. The standard InChI is InChI=1S/C6H15NSi/c1-8(2,3)6-4-5-7/h4,6H,5,7H2,1-3H3/b6-4-/i6D. The first-order valence-corrected chi connectivity index (χ1v) is 6.36. The second-order valence-electron chi connectivity index (χ2n) is 2.83. The highest BCUT2D eigenvalue weighted by molar-refractivity contribution is 6.80. The Labute approximate surface area is 54.0 Å². The summed E-state index contributed by atoms with van der Waals surface area (Å²) < 4.78 is 7.47. The van der Waals surface area contributed by atoms with Gasteiger partial charge in [0.15, 0.2) is 0 Å². The second kappa shape index (κ2) is 3.05. The molecule has 0 atom stereocenters. The number of rotatable bonds is 2. The van der Waals surface area contributed by atoms with Crippen molar-refractivity contribution in [2.75, 3.05) is 6.54 Å². The van der Waals surface area contributed by atoms with Crippen molar-refractivity contribution >= 4 is 8.07 Å². The van der Waals surface area contributed by atoms with E-state index in [2.05, 4.69) is 19.6 Å². The molecule has 2 heteroatoms. The lowest BCUT2D eigenvalue weighted by Gasteiger charge is -2.06. The van der Waals surface area contributed by atoms with Crippen LogP contribution in [0.15, 0.2) is 11.8 Å². The van der Waals surface area contributed by atoms with Crippen LogP contribution in [-0.2, 0) is 0 Å². The first-order valence-electron chi connectivity index (χ1n) is 3.36. The van der Waals surface area contributed by atoms with Gasteiger partial charge in [-0.3, -0.25) is 0 Å². The molecule has 0 aromatic heterocycles. The third-order valence-corrected chi connectivity index (χ3v) is 1.72. The molecule has 48 valence electrons. The topological polar surface area (TPSA) is 26.0 Å². The maximum atomic E-state index is 7.47. The molecular formula is C6H15NSi. The molecule has 0 heterocycles. The SMILES string of the molecule is [2H]/C(=C/CN)[Si](C)(C)C. The van der Waals surface area contributed by atoms with Crippen LogP contribution in [0.4, 0.5) is 0 Å². The van der Waals surface area contributed by atoms with Crippen LogP contribution in [0.5, 0.6) is 0 Å². The highest BCUT2D eigenvalue weighted by Crippen LogP contribution is 2.00. The van der Waals surface area contributed by atoms with E-state index in [1.165, 1.54) is 0 Å². The third kappa shape index (κ3) is 5.92. The maximum Gasteiger partial charge on any atom is 0.0683 e. The molecule has 0 spiro atoms. The highest BCUT2D eigenvalue weighted by atomic mass is 28.3. The number of hydrogen-bond donors (Lipinski definition) is 1. The fourth-order valence-corrected chi connectivity index (χ4v) is 1.10. The zero-order valence-electron chi connectivity index (χ0n) is 6.86. The lowest BCUT2D eigenvalue weighted by molar-refractivity contribution is 1.26. The molecule has 0 radical (unpaired) electrons. The molecule has 0 aromatic carbocycles. The molecule has 0 aromatic rings. The van der Waals surface area contributed by atoms with Crippen molar-refractivity contribution in [2.45, 2.75) is 19.6 Å². The van der Waals surface area contributed by atoms with Crippen LogP contribution < -0.4 is 5.73 Å². The van der Waals surface area contributed by atoms with Crippen molar-refractivity contribution in [3.8, 4) is 0 Å². The van der Waals surface area contributed by atoms with Gasteiger partial charge < -0.3 is 5.73 Å². The summed E-state index contributed by atoms with van der Waals surface area (Å²) in [6, 6.07) is 0. The van der Waals surface area contributed by atoms with E-state index in [1.807, 2.05) is 0 Å². The minimum Gasteiger partial charge on any atom is -0.327 e. The molecule has 0 amide bonds. The van der Waals surface area contributed by atoms with E-state index in [1.54, 1.807) is 6.08 Å². The lowest BCUT2D eigenvalue weighted by atomic mass is 10.7. The molecule has 0 aliphatic rings. The Hall–Kier alpha value is -0.0831. The van der Waals surface area contributed by atoms with Gasteiger partial charge in [0.1, 0.15) is 0 Å². The van der Waals surface area contributed by atoms with Gasteiger partial charge in [-0.05, 0) is 0 Å². The molecule has 0 unspecified atom stereocenters. The summed E-state index contributed by atoms with van der Waals surface area (Å²) in [7, 11) is -1.33. The minimum absolute atomic E-state index is 0.503. The predicted octanol–water partition coefficient (Wildman–Crippen LogP) is 1.38. The van der Waals surface area contributed by atoms with E-state index >= 15 is 0 Å². The Morgan fingerprint density at radius 2 is 2.12 bits per heavy atom. The Balaban J connectivity index is 4.03. The zero-order chi connectivity index (χ0) is 7.49. The van der Waals surface area contributed by atoms with E-state index in [0.717, 1.165) is 5.68 Å². The van der Waals surface area contributed by atoms with E-state index in [9.17, 15) is 0 Å². The van der Waals surface area contributed by atoms with Crippen LogP contribution >= 0.6 is 0 Å². The van der Waals surface area contributed by atoms with Crippen molar-refractivity contribution in [2.24, 2.45) is 5.73 Å². The average molecular weight is 130 g/mol. The number of nitrogens with two attached hydrogens (primary N) is 1. The van der Waals surface area contributed by atoms with Crippen molar-refractivity contribution in [1.29, 1.82) is 0 Å². The molecule has 0 aliphatic heterocycles. The molecule has 0 saturated heterocycles. The Morgan fingerprint density at radius 3 is 2.25 bits per heavy atom. The van der Waals surface area contributed by atoms with Crippen LogP contribution in [0.25, 0.3) is 0 Å². The summed E-state index contributed by atoms with van der Waals surface area (Å²) in [5.41, 5.74) is 6.01. The van der Waals surface area contributed by atoms with E-state index in [0.29, 0.717) is 6.54 Å². The third-order valence-electron chi connectivity index (χ3n) is 0.653. The first kappa shape index (κ1) is 6.04. The van der Waals surface area contributed by atoms with Gasteiger partial charge in [0, 0.05) is 6.54 Å². The molecule has 0 fully saturated rings. The van der Waals surface area contributed by atoms with Gasteiger partial charge in [0.05, 0.1) is 9.44 Å². The summed E-state index contributed by atoms with van der Waals surface area (Å²) in [6.07, 6.45) is 1.80. The molecular weight excluding hydrogens is 114 g/mol. The van der Waals surface area contributed by atoms with Gasteiger partial charge in [0.2, 0.25) is 0 Å². The quantitative estimate of drug-likeness (QED) is 0.561. The van der Waals surface area contributed by atoms with Crippen molar-refractivity contribution in [3.05, 3.63) is 11.8 Å². The maximum absolute atomic E-state index is 7.47. The summed E-state index contributed by atoms with van der Waals surface area (Å²) in [5.74, 6) is 0. The smallest absolute Gasteiger partial charge is 0.0683 e. The van der Waals surface area contributed by atoms with Crippen molar-refractivity contribution in [1.82, 2.24) is 0 Å². The monoisotopic (exact) mass is 130 g/mol. The second-order valence-corrected chi connectivity index (χ2v) is 7.62. The van der Waals surface area contributed by atoms with Crippen LogP contribution in [0.1, 0.15) is 1.37 Å². The predicted molar refractivity (Wildman–Crippen MR) is 41.5 cm³/mol. The Bertz CT molecular complexity index is 115. The van der Waals surface area contributed by atoms with Crippen LogP contribution in [-0.4, -0.2) is 14.6 Å². The molecule has 0 aliphatic carbocycles. The fraction of sp³-hybridized carbons (Fsp3) is 0.667. The summed E-state index contributed by atoms with van der Waals surface area (Å²) in [5, 5.41) is 0. The van der Waals surface area contributed by atoms with Crippen molar-refractivity contribution in [3.63, 3.8) is 0 Å². The Morgan fingerprint density at radius 1 is 1.62 bits per heavy atom. The van der Waals surface area contributed by atoms with Gasteiger partial charge in [-0.1, -0.05) is 31.4 Å². The minimum atomic E-state index is -1.33. The average Bonchev–Trinajstić information content (AvgIpc) is 1.64.